The monoisotopic (exact) mass is 253 g/mol. The number of carbonyl (C=O) groups is 1. The number of hydrogen-bond acceptors (Lipinski definition) is 3. The molecule has 0 bridgehead atoms. The van der Waals surface area contributed by atoms with Gasteiger partial charge in [0.1, 0.15) is 11.9 Å². The van der Waals surface area contributed by atoms with E-state index in [1.165, 1.54) is 12.1 Å². The van der Waals surface area contributed by atoms with Crippen LogP contribution in [-0.2, 0) is 9.53 Å². The Balaban J connectivity index is 2.64. The summed E-state index contributed by atoms with van der Waals surface area (Å²) in [6, 6.07) is 5.90. The molecule has 1 unspecified atom stereocenters. The van der Waals surface area contributed by atoms with Gasteiger partial charge in [0.15, 0.2) is 0 Å². The highest BCUT2D eigenvalue weighted by Gasteiger charge is 2.20. The molecular weight excluding hydrogens is 233 g/mol. The summed E-state index contributed by atoms with van der Waals surface area (Å²) in [5.74, 6) is -0.502. The average molecular weight is 253 g/mol. The lowest BCUT2D eigenvalue weighted by atomic mass is 10.1. The standard InChI is InChI=1S/C14H20FNO2/c1-4-13(14(17)18-5-2)16-10(3)11-6-8-12(15)9-7-11/h6-10,13,16H,4-5H2,1-3H3/t10-,13?/m0/s1. The van der Waals surface area contributed by atoms with E-state index in [1.54, 1.807) is 19.1 Å². The lowest BCUT2D eigenvalue weighted by Gasteiger charge is -2.21. The van der Waals surface area contributed by atoms with Crippen molar-refractivity contribution in [2.45, 2.75) is 39.3 Å². The van der Waals surface area contributed by atoms with Crippen LogP contribution in [0.15, 0.2) is 24.3 Å². The molecule has 1 aromatic carbocycles. The molecule has 0 radical (unpaired) electrons. The number of carbonyl (C=O) groups excluding carboxylic acids is 1. The number of nitrogens with one attached hydrogen (secondary N) is 1. The van der Waals surface area contributed by atoms with E-state index in [1.807, 2.05) is 13.8 Å². The number of esters is 1. The molecule has 0 amide bonds. The normalized spacial score (nSPS) is 14.0. The minimum Gasteiger partial charge on any atom is -0.465 e. The zero-order valence-electron chi connectivity index (χ0n) is 11.1. The van der Waals surface area contributed by atoms with Crippen LogP contribution in [0.1, 0.15) is 38.8 Å². The fourth-order valence-corrected chi connectivity index (χ4v) is 1.74. The van der Waals surface area contributed by atoms with E-state index in [9.17, 15) is 9.18 Å². The van der Waals surface area contributed by atoms with E-state index in [-0.39, 0.29) is 23.9 Å². The lowest BCUT2D eigenvalue weighted by molar-refractivity contribution is -0.146. The van der Waals surface area contributed by atoms with Gasteiger partial charge in [-0.25, -0.2) is 4.39 Å². The smallest absolute Gasteiger partial charge is 0.323 e. The molecule has 1 aromatic rings. The molecule has 0 aliphatic rings. The van der Waals surface area contributed by atoms with Crippen molar-refractivity contribution in [1.82, 2.24) is 5.32 Å². The zero-order valence-corrected chi connectivity index (χ0v) is 11.1. The lowest BCUT2D eigenvalue weighted by Crippen LogP contribution is -2.39. The third-order valence-corrected chi connectivity index (χ3v) is 2.80. The summed E-state index contributed by atoms with van der Waals surface area (Å²) in [5, 5.41) is 3.19. The summed E-state index contributed by atoms with van der Waals surface area (Å²) < 4.78 is 17.8. The summed E-state index contributed by atoms with van der Waals surface area (Å²) in [6.07, 6.45) is 0.657. The van der Waals surface area contributed by atoms with Gasteiger partial charge in [0.05, 0.1) is 6.61 Å². The molecule has 0 heterocycles. The Morgan fingerprint density at radius 1 is 1.33 bits per heavy atom. The first-order chi connectivity index (χ1) is 8.58. The molecule has 3 nitrogen and oxygen atoms in total. The average Bonchev–Trinajstić information content (AvgIpc) is 2.36. The first-order valence-corrected chi connectivity index (χ1v) is 6.26. The van der Waals surface area contributed by atoms with Gasteiger partial charge in [-0.2, -0.15) is 0 Å². The summed E-state index contributed by atoms with van der Waals surface area (Å²) in [5.41, 5.74) is 0.944. The molecule has 1 N–H and O–H groups in total. The van der Waals surface area contributed by atoms with E-state index < -0.39 is 0 Å². The number of halogens is 1. The van der Waals surface area contributed by atoms with Crippen LogP contribution in [0.4, 0.5) is 4.39 Å². The van der Waals surface area contributed by atoms with Crippen molar-refractivity contribution >= 4 is 5.97 Å². The molecule has 0 fully saturated rings. The second-order valence-corrected chi connectivity index (χ2v) is 4.15. The van der Waals surface area contributed by atoms with Crippen LogP contribution in [0.5, 0.6) is 0 Å². The molecule has 0 saturated carbocycles. The van der Waals surface area contributed by atoms with Gasteiger partial charge in [-0.3, -0.25) is 10.1 Å². The Kier molecular flexibility index (Phi) is 5.78. The topological polar surface area (TPSA) is 38.3 Å². The highest BCUT2D eigenvalue weighted by Crippen LogP contribution is 2.14. The first kappa shape index (κ1) is 14.6. The predicted octanol–water partition coefficient (Wildman–Crippen LogP) is 2.82. The summed E-state index contributed by atoms with van der Waals surface area (Å²) in [7, 11) is 0. The van der Waals surface area contributed by atoms with Crippen molar-refractivity contribution in [2.75, 3.05) is 6.61 Å². The highest BCUT2D eigenvalue weighted by atomic mass is 19.1. The third-order valence-electron chi connectivity index (χ3n) is 2.80. The van der Waals surface area contributed by atoms with Crippen molar-refractivity contribution in [3.8, 4) is 0 Å². The maximum absolute atomic E-state index is 12.8. The molecular formula is C14H20FNO2. The van der Waals surface area contributed by atoms with Crippen LogP contribution in [0.25, 0.3) is 0 Å². The second-order valence-electron chi connectivity index (χ2n) is 4.15. The Labute approximate surface area is 107 Å². The minimum absolute atomic E-state index is 0.0278. The van der Waals surface area contributed by atoms with E-state index in [4.69, 9.17) is 4.74 Å². The van der Waals surface area contributed by atoms with Crippen molar-refractivity contribution in [3.05, 3.63) is 35.6 Å². The van der Waals surface area contributed by atoms with Crippen LogP contribution in [0, 0.1) is 5.82 Å². The Morgan fingerprint density at radius 3 is 2.44 bits per heavy atom. The van der Waals surface area contributed by atoms with Gasteiger partial charge < -0.3 is 4.74 Å². The predicted molar refractivity (Wildman–Crippen MR) is 68.7 cm³/mol. The minimum atomic E-state index is -0.329. The summed E-state index contributed by atoms with van der Waals surface area (Å²) in [4.78, 5) is 11.7. The Bertz CT molecular complexity index is 378. The van der Waals surface area contributed by atoms with E-state index in [2.05, 4.69) is 5.32 Å². The molecule has 4 heteroatoms. The Hall–Kier alpha value is -1.42. The molecule has 18 heavy (non-hydrogen) atoms. The van der Waals surface area contributed by atoms with Gasteiger partial charge in [0, 0.05) is 6.04 Å². The maximum Gasteiger partial charge on any atom is 0.323 e. The molecule has 0 saturated heterocycles. The molecule has 0 aromatic heterocycles. The Morgan fingerprint density at radius 2 is 1.94 bits per heavy atom. The van der Waals surface area contributed by atoms with Gasteiger partial charge in [0.2, 0.25) is 0 Å². The fraction of sp³-hybridized carbons (Fsp3) is 0.500. The maximum atomic E-state index is 12.8. The first-order valence-electron chi connectivity index (χ1n) is 6.26. The third kappa shape index (κ3) is 4.11. The number of hydrogen-bond donors (Lipinski definition) is 1. The molecule has 0 aliphatic carbocycles. The second kappa shape index (κ2) is 7.11. The number of benzene rings is 1. The van der Waals surface area contributed by atoms with Crippen molar-refractivity contribution in [2.24, 2.45) is 0 Å². The number of rotatable bonds is 6. The van der Waals surface area contributed by atoms with E-state index in [0.29, 0.717) is 13.0 Å². The van der Waals surface area contributed by atoms with Crippen LogP contribution in [-0.4, -0.2) is 18.6 Å². The molecule has 0 spiro atoms. The molecule has 0 aliphatic heterocycles. The van der Waals surface area contributed by atoms with Crippen LogP contribution in [0.2, 0.25) is 0 Å². The summed E-state index contributed by atoms with van der Waals surface area (Å²) in [6.45, 7) is 6.02. The van der Waals surface area contributed by atoms with Crippen molar-refractivity contribution in [3.63, 3.8) is 0 Å². The quantitative estimate of drug-likeness (QED) is 0.792. The van der Waals surface area contributed by atoms with Gasteiger partial charge in [0.25, 0.3) is 0 Å². The van der Waals surface area contributed by atoms with E-state index in [0.717, 1.165) is 5.56 Å². The van der Waals surface area contributed by atoms with Crippen LogP contribution < -0.4 is 5.32 Å². The molecule has 100 valence electrons. The van der Waals surface area contributed by atoms with Crippen LogP contribution in [0.3, 0.4) is 0 Å². The van der Waals surface area contributed by atoms with Crippen molar-refractivity contribution in [1.29, 1.82) is 0 Å². The van der Waals surface area contributed by atoms with Gasteiger partial charge in [-0.15, -0.1) is 0 Å². The van der Waals surface area contributed by atoms with Gasteiger partial charge in [-0.05, 0) is 38.0 Å². The largest absolute Gasteiger partial charge is 0.465 e. The highest BCUT2D eigenvalue weighted by molar-refractivity contribution is 5.75. The number of ether oxygens (including phenoxy) is 1. The van der Waals surface area contributed by atoms with Crippen molar-refractivity contribution < 1.29 is 13.9 Å². The van der Waals surface area contributed by atoms with Crippen LogP contribution >= 0.6 is 0 Å². The zero-order chi connectivity index (χ0) is 13.5. The van der Waals surface area contributed by atoms with Gasteiger partial charge >= 0.3 is 5.97 Å². The fourth-order valence-electron chi connectivity index (χ4n) is 1.74. The van der Waals surface area contributed by atoms with E-state index >= 15 is 0 Å². The summed E-state index contributed by atoms with van der Waals surface area (Å²) >= 11 is 0. The SMILES string of the molecule is CCOC(=O)C(CC)N[C@@H](C)c1ccc(F)cc1. The molecule has 1 rings (SSSR count). The molecule has 2 atom stereocenters. The van der Waals surface area contributed by atoms with Gasteiger partial charge in [-0.1, -0.05) is 19.1 Å².